The topological polar surface area (TPSA) is 63.2 Å². The number of ether oxygens (including phenoxy) is 5. The summed E-state index contributed by atoms with van der Waals surface area (Å²) >= 11 is 0. The molecule has 6 nitrogen and oxygen atoms in total. The molecular formula is C30H34O6. The van der Waals surface area contributed by atoms with Gasteiger partial charge in [0.25, 0.3) is 0 Å². The second-order valence-electron chi connectivity index (χ2n) is 9.06. The molecule has 0 unspecified atom stereocenters. The van der Waals surface area contributed by atoms with Crippen LogP contribution in [0.25, 0.3) is 6.08 Å². The van der Waals surface area contributed by atoms with Gasteiger partial charge in [0, 0.05) is 5.56 Å². The summed E-state index contributed by atoms with van der Waals surface area (Å²) in [6.45, 7) is 7.11. The number of carbonyl (C=O) groups excluding carboxylic acids is 1. The van der Waals surface area contributed by atoms with Crippen molar-refractivity contribution in [3.63, 3.8) is 0 Å². The second-order valence-corrected chi connectivity index (χ2v) is 9.06. The molecule has 0 fully saturated rings. The van der Waals surface area contributed by atoms with Gasteiger partial charge in [-0.2, -0.15) is 0 Å². The molecule has 0 aromatic heterocycles. The van der Waals surface area contributed by atoms with Crippen molar-refractivity contribution in [1.29, 1.82) is 0 Å². The maximum absolute atomic E-state index is 12.9. The van der Waals surface area contributed by atoms with Crippen LogP contribution in [0.1, 0.15) is 42.3 Å². The lowest BCUT2D eigenvalue weighted by atomic mass is 10.1. The Morgan fingerprint density at radius 3 is 2.19 bits per heavy atom. The minimum atomic E-state index is -0.261. The van der Waals surface area contributed by atoms with Crippen LogP contribution in [0, 0.1) is 0 Å². The van der Waals surface area contributed by atoms with E-state index in [2.05, 4.69) is 0 Å². The molecule has 3 rings (SSSR count). The fraction of sp³-hybridized carbons (Fsp3) is 0.300. The van der Waals surface area contributed by atoms with E-state index >= 15 is 0 Å². The van der Waals surface area contributed by atoms with Crippen molar-refractivity contribution in [3.8, 4) is 23.0 Å². The molecule has 0 amide bonds. The molecule has 0 spiro atoms. The molecule has 0 aliphatic heterocycles. The highest BCUT2D eigenvalue weighted by molar-refractivity contribution is 6.07. The van der Waals surface area contributed by atoms with Gasteiger partial charge in [0.1, 0.15) is 13.2 Å². The van der Waals surface area contributed by atoms with Crippen LogP contribution in [0.3, 0.4) is 0 Å². The summed E-state index contributed by atoms with van der Waals surface area (Å²) in [5, 5.41) is 0. The van der Waals surface area contributed by atoms with E-state index in [9.17, 15) is 4.79 Å². The van der Waals surface area contributed by atoms with E-state index in [1.54, 1.807) is 44.6 Å². The molecule has 0 aliphatic rings. The summed E-state index contributed by atoms with van der Waals surface area (Å²) in [7, 11) is 3.16. The van der Waals surface area contributed by atoms with Crippen molar-refractivity contribution in [2.75, 3.05) is 27.4 Å². The third-order valence-corrected chi connectivity index (χ3v) is 5.18. The number of hydrogen-bond donors (Lipinski definition) is 0. The summed E-state index contributed by atoms with van der Waals surface area (Å²) in [6, 6.07) is 20.6. The van der Waals surface area contributed by atoms with Crippen LogP contribution in [0.5, 0.6) is 23.0 Å². The van der Waals surface area contributed by atoms with Crippen molar-refractivity contribution in [1.82, 2.24) is 0 Å². The van der Waals surface area contributed by atoms with Crippen LogP contribution in [0.2, 0.25) is 0 Å². The lowest BCUT2D eigenvalue weighted by Crippen LogP contribution is -2.22. The molecular weight excluding hydrogens is 456 g/mol. The minimum Gasteiger partial charge on any atom is -0.493 e. The van der Waals surface area contributed by atoms with Crippen LogP contribution in [-0.2, 0) is 11.3 Å². The molecule has 0 N–H and O–H groups in total. The van der Waals surface area contributed by atoms with Gasteiger partial charge in [0.05, 0.1) is 26.4 Å². The highest BCUT2D eigenvalue weighted by Gasteiger charge is 2.13. The maximum atomic E-state index is 12.9. The van der Waals surface area contributed by atoms with Gasteiger partial charge in [-0.15, -0.1) is 0 Å². The summed E-state index contributed by atoms with van der Waals surface area (Å²) in [6.07, 6.45) is 3.26. The minimum absolute atomic E-state index is 0.157. The summed E-state index contributed by atoms with van der Waals surface area (Å²) < 4.78 is 28.3. The van der Waals surface area contributed by atoms with Crippen LogP contribution < -0.4 is 18.9 Å². The Balaban J connectivity index is 1.76. The summed E-state index contributed by atoms with van der Waals surface area (Å²) in [4.78, 5) is 12.9. The first kappa shape index (κ1) is 26.8. The van der Waals surface area contributed by atoms with Crippen molar-refractivity contribution >= 4 is 11.9 Å². The highest BCUT2D eigenvalue weighted by Crippen LogP contribution is 2.31. The zero-order chi connectivity index (χ0) is 26.0. The van der Waals surface area contributed by atoms with Crippen LogP contribution in [0.15, 0.2) is 72.8 Å². The Labute approximate surface area is 213 Å². The maximum Gasteiger partial charge on any atom is 0.185 e. The molecule has 0 saturated heterocycles. The zero-order valence-corrected chi connectivity index (χ0v) is 21.6. The molecule has 36 heavy (non-hydrogen) atoms. The first-order valence-corrected chi connectivity index (χ1v) is 11.8. The van der Waals surface area contributed by atoms with Gasteiger partial charge >= 0.3 is 0 Å². The lowest BCUT2D eigenvalue weighted by molar-refractivity contribution is -0.0166. The number of carbonyl (C=O) groups is 1. The van der Waals surface area contributed by atoms with Gasteiger partial charge in [-0.3, -0.25) is 4.79 Å². The molecule has 0 atom stereocenters. The van der Waals surface area contributed by atoms with E-state index in [-0.39, 0.29) is 11.4 Å². The summed E-state index contributed by atoms with van der Waals surface area (Å²) in [5.41, 5.74) is 2.09. The fourth-order valence-electron chi connectivity index (χ4n) is 3.35. The Morgan fingerprint density at radius 1 is 0.778 bits per heavy atom. The number of rotatable bonds is 12. The molecule has 3 aromatic carbocycles. The number of hydrogen-bond acceptors (Lipinski definition) is 6. The van der Waals surface area contributed by atoms with Crippen LogP contribution in [-0.4, -0.2) is 38.8 Å². The van der Waals surface area contributed by atoms with E-state index < -0.39 is 0 Å². The number of allylic oxidation sites excluding steroid dienone is 1. The van der Waals surface area contributed by atoms with E-state index in [0.29, 0.717) is 48.4 Å². The quantitative estimate of drug-likeness (QED) is 0.167. The van der Waals surface area contributed by atoms with Gasteiger partial charge in [-0.1, -0.05) is 42.5 Å². The Bertz CT molecular complexity index is 1160. The average Bonchev–Trinajstić information content (AvgIpc) is 2.88. The number of benzene rings is 3. The van der Waals surface area contributed by atoms with E-state index in [4.69, 9.17) is 23.7 Å². The second kappa shape index (κ2) is 12.8. The largest absolute Gasteiger partial charge is 0.493 e. The standard InChI is InChI=1S/C30H34O6/c1-30(2,3)36-18-17-34-29-20-24(13-16-27(29)35-21-23-9-7-6-8-10-23)25(31)14-11-22-12-15-26(32-4)28(19-22)33-5/h6-16,19-20H,17-18,21H2,1-5H3/b14-11+. The third kappa shape index (κ3) is 8.17. The van der Waals surface area contributed by atoms with Gasteiger partial charge in [-0.05, 0) is 68.3 Å². The lowest BCUT2D eigenvalue weighted by Gasteiger charge is -2.20. The third-order valence-electron chi connectivity index (χ3n) is 5.18. The molecule has 3 aromatic rings. The molecule has 0 aliphatic carbocycles. The first-order valence-electron chi connectivity index (χ1n) is 11.8. The average molecular weight is 491 g/mol. The van der Waals surface area contributed by atoms with E-state index in [1.807, 2.05) is 63.2 Å². The SMILES string of the molecule is COc1ccc(/C=C/C(=O)c2ccc(OCc3ccccc3)c(OCCOC(C)(C)C)c2)cc1OC. The van der Waals surface area contributed by atoms with Crippen molar-refractivity contribution in [3.05, 3.63) is 89.5 Å². The van der Waals surface area contributed by atoms with E-state index in [1.165, 1.54) is 6.08 Å². The summed E-state index contributed by atoms with van der Waals surface area (Å²) in [5.74, 6) is 2.13. The normalized spacial score (nSPS) is 11.4. The predicted octanol–water partition coefficient (Wildman–Crippen LogP) is 6.37. The van der Waals surface area contributed by atoms with Gasteiger partial charge in [-0.25, -0.2) is 0 Å². The number of ketones is 1. The molecule has 0 bridgehead atoms. The Morgan fingerprint density at radius 2 is 1.50 bits per heavy atom. The smallest absolute Gasteiger partial charge is 0.185 e. The van der Waals surface area contributed by atoms with Gasteiger partial charge < -0.3 is 23.7 Å². The Kier molecular flexibility index (Phi) is 9.53. The molecule has 6 heteroatoms. The highest BCUT2D eigenvalue weighted by atomic mass is 16.5. The molecule has 0 heterocycles. The predicted molar refractivity (Wildman–Crippen MR) is 141 cm³/mol. The molecule has 0 radical (unpaired) electrons. The fourth-order valence-corrected chi connectivity index (χ4v) is 3.35. The van der Waals surface area contributed by atoms with Crippen molar-refractivity contribution < 1.29 is 28.5 Å². The zero-order valence-electron chi connectivity index (χ0n) is 21.6. The van der Waals surface area contributed by atoms with Crippen molar-refractivity contribution in [2.45, 2.75) is 33.0 Å². The number of methoxy groups -OCH3 is 2. The first-order chi connectivity index (χ1) is 17.3. The van der Waals surface area contributed by atoms with Gasteiger partial charge in [0.2, 0.25) is 0 Å². The Hall–Kier alpha value is -3.77. The van der Waals surface area contributed by atoms with E-state index in [0.717, 1.165) is 11.1 Å². The van der Waals surface area contributed by atoms with Crippen molar-refractivity contribution in [2.24, 2.45) is 0 Å². The van der Waals surface area contributed by atoms with Crippen LogP contribution in [0.4, 0.5) is 0 Å². The van der Waals surface area contributed by atoms with Crippen LogP contribution >= 0.6 is 0 Å². The van der Waals surface area contributed by atoms with Gasteiger partial charge in [0.15, 0.2) is 28.8 Å². The molecule has 0 saturated carbocycles. The molecule has 190 valence electrons. The monoisotopic (exact) mass is 490 g/mol.